The molecule has 0 heterocycles. The van der Waals surface area contributed by atoms with E-state index in [-0.39, 0.29) is 25.2 Å². The smallest absolute Gasteiger partial charge is 0.0581 e. The van der Waals surface area contributed by atoms with Gasteiger partial charge in [-0.3, -0.25) is 0 Å². The monoisotopic (exact) mass is 147 g/mol. The molecule has 0 aliphatic heterocycles. The van der Waals surface area contributed by atoms with Crippen molar-refractivity contribution in [1.82, 2.24) is 5.32 Å². The van der Waals surface area contributed by atoms with E-state index < -0.39 is 0 Å². The van der Waals surface area contributed by atoms with Gasteiger partial charge in [0, 0.05) is 19.2 Å². The molecule has 0 spiro atoms. The summed E-state index contributed by atoms with van der Waals surface area (Å²) in [6.45, 7) is 4.97. The van der Waals surface area contributed by atoms with Crippen molar-refractivity contribution in [3.63, 3.8) is 0 Å². The molecular weight excluding hydrogens is 130 g/mol. The zero-order chi connectivity index (χ0) is 7.98. The zero-order valence-corrected chi connectivity index (χ0v) is 6.67. The third kappa shape index (κ3) is 4.73. The topological polar surface area (TPSA) is 52.5 Å². The summed E-state index contributed by atoms with van der Waals surface area (Å²) in [7, 11) is 0. The molecule has 0 saturated carbocycles. The minimum Gasteiger partial charge on any atom is -0.396 e. The van der Waals surface area contributed by atoms with Crippen molar-refractivity contribution < 1.29 is 10.2 Å². The Morgan fingerprint density at radius 1 is 1.20 bits per heavy atom. The highest BCUT2D eigenvalue weighted by atomic mass is 16.3. The summed E-state index contributed by atoms with van der Waals surface area (Å²) < 4.78 is 0. The van der Waals surface area contributed by atoms with Crippen LogP contribution in [-0.2, 0) is 0 Å². The van der Waals surface area contributed by atoms with Crippen LogP contribution in [0.15, 0.2) is 0 Å². The third-order valence-electron chi connectivity index (χ3n) is 1.40. The van der Waals surface area contributed by atoms with Crippen molar-refractivity contribution in [1.29, 1.82) is 0 Å². The van der Waals surface area contributed by atoms with Gasteiger partial charge in [0.25, 0.3) is 0 Å². The van der Waals surface area contributed by atoms with Crippen LogP contribution in [0.3, 0.4) is 0 Å². The predicted octanol–water partition coefficient (Wildman–Crippen LogP) is -0.415. The Labute approximate surface area is 62.1 Å². The van der Waals surface area contributed by atoms with E-state index in [1.165, 1.54) is 0 Å². The van der Waals surface area contributed by atoms with Crippen molar-refractivity contribution in [2.75, 3.05) is 19.8 Å². The fourth-order valence-electron chi connectivity index (χ4n) is 0.531. The van der Waals surface area contributed by atoms with E-state index in [2.05, 4.69) is 5.32 Å². The number of nitrogens with one attached hydrogen (secondary N) is 1. The predicted molar refractivity (Wildman–Crippen MR) is 40.8 cm³/mol. The maximum absolute atomic E-state index is 8.62. The zero-order valence-electron chi connectivity index (χ0n) is 6.67. The number of rotatable bonds is 5. The lowest BCUT2D eigenvalue weighted by atomic mass is 10.2. The Balaban J connectivity index is 3.17. The molecule has 0 bridgehead atoms. The van der Waals surface area contributed by atoms with E-state index in [4.69, 9.17) is 10.2 Å². The van der Waals surface area contributed by atoms with Crippen LogP contribution < -0.4 is 5.32 Å². The van der Waals surface area contributed by atoms with E-state index in [9.17, 15) is 0 Å². The molecule has 2 atom stereocenters. The van der Waals surface area contributed by atoms with Gasteiger partial charge in [-0.2, -0.15) is 0 Å². The molecule has 10 heavy (non-hydrogen) atoms. The molecule has 0 rings (SSSR count). The number of aliphatic hydroxyl groups is 2. The van der Waals surface area contributed by atoms with Gasteiger partial charge in [0.1, 0.15) is 0 Å². The SMILES string of the molecule is CC(CO)NC[C@@H](C)CO. The maximum atomic E-state index is 8.62. The molecule has 3 heteroatoms. The fraction of sp³-hybridized carbons (Fsp3) is 1.00. The standard InChI is InChI=1S/C7H17NO2/c1-6(4-9)3-8-7(2)5-10/h6-10H,3-5H2,1-2H3/t6-,7?/m1/s1. The fourth-order valence-corrected chi connectivity index (χ4v) is 0.531. The van der Waals surface area contributed by atoms with Gasteiger partial charge in [0.2, 0.25) is 0 Å². The molecule has 0 aromatic heterocycles. The third-order valence-corrected chi connectivity index (χ3v) is 1.40. The van der Waals surface area contributed by atoms with Crippen molar-refractivity contribution in [2.45, 2.75) is 19.9 Å². The van der Waals surface area contributed by atoms with Crippen molar-refractivity contribution >= 4 is 0 Å². The molecule has 3 nitrogen and oxygen atoms in total. The van der Waals surface area contributed by atoms with Crippen LogP contribution in [0.1, 0.15) is 13.8 Å². The van der Waals surface area contributed by atoms with Crippen molar-refractivity contribution in [2.24, 2.45) is 5.92 Å². The number of hydrogen-bond donors (Lipinski definition) is 3. The summed E-state index contributed by atoms with van der Waals surface area (Å²) in [6.07, 6.45) is 0. The number of aliphatic hydroxyl groups excluding tert-OH is 2. The second-order valence-electron chi connectivity index (χ2n) is 2.78. The molecule has 62 valence electrons. The summed E-state index contributed by atoms with van der Waals surface area (Å²) in [5.41, 5.74) is 0. The van der Waals surface area contributed by atoms with Gasteiger partial charge < -0.3 is 15.5 Å². The molecule has 0 aliphatic rings. The molecule has 0 radical (unpaired) electrons. The molecule has 0 aromatic carbocycles. The van der Waals surface area contributed by atoms with Crippen LogP contribution in [-0.4, -0.2) is 36.0 Å². The maximum Gasteiger partial charge on any atom is 0.0581 e. The number of hydrogen-bond acceptors (Lipinski definition) is 3. The van der Waals surface area contributed by atoms with E-state index in [0.29, 0.717) is 0 Å². The molecule has 0 fully saturated rings. The average Bonchev–Trinajstić information content (AvgIpc) is 1.99. The Morgan fingerprint density at radius 3 is 2.20 bits per heavy atom. The first-order chi connectivity index (χ1) is 4.70. The van der Waals surface area contributed by atoms with Gasteiger partial charge in [-0.15, -0.1) is 0 Å². The van der Waals surface area contributed by atoms with E-state index in [0.717, 1.165) is 6.54 Å². The quantitative estimate of drug-likeness (QED) is 0.495. The Bertz CT molecular complexity index is 68.0. The van der Waals surface area contributed by atoms with Gasteiger partial charge >= 0.3 is 0 Å². The molecule has 3 N–H and O–H groups in total. The second-order valence-corrected chi connectivity index (χ2v) is 2.78. The van der Waals surface area contributed by atoms with Crippen LogP contribution in [0.2, 0.25) is 0 Å². The molecule has 0 saturated heterocycles. The van der Waals surface area contributed by atoms with Crippen LogP contribution in [0.5, 0.6) is 0 Å². The van der Waals surface area contributed by atoms with Gasteiger partial charge in [-0.05, 0) is 12.8 Å². The average molecular weight is 147 g/mol. The highest BCUT2D eigenvalue weighted by molar-refractivity contribution is 4.60. The van der Waals surface area contributed by atoms with E-state index in [1.807, 2.05) is 13.8 Å². The first-order valence-corrected chi connectivity index (χ1v) is 3.65. The van der Waals surface area contributed by atoms with E-state index >= 15 is 0 Å². The summed E-state index contributed by atoms with van der Waals surface area (Å²) in [5, 5.41) is 20.3. The molecule has 0 aromatic rings. The summed E-state index contributed by atoms with van der Waals surface area (Å²) in [4.78, 5) is 0. The van der Waals surface area contributed by atoms with Gasteiger partial charge in [0.05, 0.1) is 6.61 Å². The Kier molecular flexibility index (Phi) is 5.58. The molecular formula is C7H17NO2. The first kappa shape index (κ1) is 9.88. The van der Waals surface area contributed by atoms with Crippen LogP contribution in [0, 0.1) is 5.92 Å². The normalized spacial score (nSPS) is 16.8. The lowest BCUT2D eigenvalue weighted by Crippen LogP contribution is -2.33. The van der Waals surface area contributed by atoms with Gasteiger partial charge in [-0.25, -0.2) is 0 Å². The van der Waals surface area contributed by atoms with Crippen molar-refractivity contribution in [3.05, 3.63) is 0 Å². The van der Waals surface area contributed by atoms with Gasteiger partial charge in [0.15, 0.2) is 0 Å². The summed E-state index contributed by atoms with van der Waals surface area (Å²) >= 11 is 0. The lowest BCUT2D eigenvalue weighted by Gasteiger charge is -2.13. The highest BCUT2D eigenvalue weighted by Gasteiger charge is 2.01. The minimum absolute atomic E-state index is 0.133. The van der Waals surface area contributed by atoms with E-state index in [1.54, 1.807) is 0 Å². The molecule has 0 amide bonds. The molecule has 1 unspecified atom stereocenters. The summed E-state index contributed by atoms with van der Waals surface area (Å²) in [6, 6.07) is 0.133. The summed E-state index contributed by atoms with van der Waals surface area (Å²) in [5.74, 6) is 0.272. The van der Waals surface area contributed by atoms with Gasteiger partial charge in [-0.1, -0.05) is 6.92 Å². The second kappa shape index (κ2) is 5.65. The van der Waals surface area contributed by atoms with Crippen LogP contribution in [0.25, 0.3) is 0 Å². The van der Waals surface area contributed by atoms with Crippen molar-refractivity contribution in [3.8, 4) is 0 Å². The van der Waals surface area contributed by atoms with Crippen LogP contribution >= 0.6 is 0 Å². The largest absolute Gasteiger partial charge is 0.396 e. The lowest BCUT2D eigenvalue weighted by molar-refractivity contribution is 0.213. The Hall–Kier alpha value is -0.120. The van der Waals surface area contributed by atoms with Crippen LogP contribution in [0.4, 0.5) is 0 Å². The molecule has 0 aliphatic carbocycles. The Morgan fingerprint density at radius 2 is 1.80 bits per heavy atom. The highest BCUT2D eigenvalue weighted by Crippen LogP contribution is 1.89. The minimum atomic E-state index is 0.133. The first-order valence-electron chi connectivity index (χ1n) is 3.65.